The zero-order chi connectivity index (χ0) is 22.1. The summed E-state index contributed by atoms with van der Waals surface area (Å²) in [7, 11) is 1.52. The quantitative estimate of drug-likeness (QED) is 0.575. The van der Waals surface area contributed by atoms with E-state index in [0.717, 1.165) is 25.0 Å². The molecule has 30 heavy (non-hydrogen) atoms. The van der Waals surface area contributed by atoms with Gasteiger partial charge >= 0.3 is 0 Å². The molecule has 0 radical (unpaired) electrons. The number of benzene rings is 1. The van der Waals surface area contributed by atoms with Crippen molar-refractivity contribution in [2.75, 3.05) is 26.9 Å². The molecule has 2 N–H and O–H groups in total. The van der Waals surface area contributed by atoms with E-state index in [-0.39, 0.29) is 24.5 Å². The summed E-state index contributed by atoms with van der Waals surface area (Å²) in [5, 5.41) is 6.35. The molecule has 0 aliphatic carbocycles. The van der Waals surface area contributed by atoms with E-state index < -0.39 is 35.5 Å². The molecule has 1 fully saturated rings. The predicted molar refractivity (Wildman–Crippen MR) is 103 cm³/mol. The lowest BCUT2D eigenvalue weighted by molar-refractivity contribution is -0.191. The van der Waals surface area contributed by atoms with Gasteiger partial charge in [0, 0.05) is 19.7 Å². The Labute approximate surface area is 173 Å². The summed E-state index contributed by atoms with van der Waals surface area (Å²) >= 11 is 0. The summed E-state index contributed by atoms with van der Waals surface area (Å²) in [6.45, 7) is 2.44. The van der Waals surface area contributed by atoms with Crippen LogP contribution in [0.1, 0.15) is 31.7 Å². The molecule has 1 saturated heterocycles. The van der Waals surface area contributed by atoms with Gasteiger partial charge < -0.3 is 15.4 Å². The normalized spacial score (nSPS) is 17.9. The lowest BCUT2D eigenvalue weighted by Gasteiger charge is -2.25. The molecule has 3 amide bonds. The van der Waals surface area contributed by atoms with E-state index in [1.165, 1.54) is 19.1 Å². The Balaban J connectivity index is 1.88. The standard InChI is InChI=1S/C20H27F2N3O5/c1-13(23-18(26)11-14-9-15(21)12-16(22)10-14)19(27)24-17-5-3-4-6-25(20(17)28)30-8-7-29-2/h9-10,12-13,17H,3-8,11H2,1-2H3,(H,23,26)(H,24,27). The van der Waals surface area contributed by atoms with Gasteiger partial charge in [-0.25, -0.2) is 13.8 Å². The van der Waals surface area contributed by atoms with Crippen LogP contribution in [0.15, 0.2) is 18.2 Å². The van der Waals surface area contributed by atoms with Gasteiger partial charge in [-0.2, -0.15) is 0 Å². The minimum absolute atomic E-state index is 0.153. The largest absolute Gasteiger partial charge is 0.382 e. The first-order valence-corrected chi connectivity index (χ1v) is 9.78. The van der Waals surface area contributed by atoms with Gasteiger partial charge in [0.1, 0.15) is 23.7 Å². The number of hydrogen-bond donors (Lipinski definition) is 2. The molecular weight excluding hydrogens is 400 g/mol. The Morgan fingerprint density at radius 3 is 2.57 bits per heavy atom. The molecule has 0 bridgehead atoms. The Kier molecular flexibility index (Phi) is 9.13. The number of halogens is 2. The minimum atomic E-state index is -0.935. The average Bonchev–Trinajstić information content (AvgIpc) is 2.83. The number of hydrogen-bond acceptors (Lipinski definition) is 5. The van der Waals surface area contributed by atoms with Crippen LogP contribution in [0.3, 0.4) is 0 Å². The number of ether oxygens (including phenoxy) is 1. The van der Waals surface area contributed by atoms with Gasteiger partial charge in [-0.3, -0.25) is 19.2 Å². The molecule has 1 aromatic rings. The number of hydroxylamine groups is 2. The van der Waals surface area contributed by atoms with Gasteiger partial charge in [0.2, 0.25) is 11.8 Å². The number of methoxy groups -OCH3 is 1. The van der Waals surface area contributed by atoms with Crippen molar-refractivity contribution in [3.63, 3.8) is 0 Å². The first kappa shape index (κ1) is 23.7. The van der Waals surface area contributed by atoms with Crippen LogP contribution in [0.2, 0.25) is 0 Å². The topological polar surface area (TPSA) is 97.0 Å². The summed E-state index contributed by atoms with van der Waals surface area (Å²) in [6.07, 6.45) is 1.64. The van der Waals surface area contributed by atoms with Gasteiger partial charge in [-0.1, -0.05) is 0 Å². The Hall–Kier alpha value is -2.59. The second-order valence-corrected chi connectivity index (χ2v) is 7.07. The second kappa shape index (κ2) is 11.6. The van der Waals surface area contributed by atoms with Crippen molar-refractivity contribution in [3.05, 3.63) is 35.4 Å². The molecule has 2 atom stereocenters. The summed E-state index contributed by atoms with van der Waals surface area (Å²) in [5.74, 6) is -3.03. The summed E-state index contributed by atoms with van der Waals surface area (Å²) < 4.78 is 31.4. The van der Waals surface area contributed by atoms with Crippen LogP contribution in [-0.4, -0.2) is 61.7 Å². The highest BCUT2D eigenvalue weighted by Gasteiger charge is 2.30. The summed E-state index contributed by atoms with van der Waals surface area (Å²) in [4.78, 5) is 42.6. The highest BCUT2D eigenvalue weighted by Crippen LogP contribution is 2.13. The fourth-order valence-corrected chi connectivity index (χ4v) is 3.06. The number of amides is 3. The zero-order valence-electron chi connectivity index (χ0n) is 17.1. The van der Waals surface area contributed by atoms with Gasteiger partial charge in [0.15, 0.2) is 0 Å². The molecule has 0 saturated carbocycles. The third kappa shape index (κ3) is 7.34. The lowest BCUT2D eigenvalue weighted by Crippen LogP contribution is -2.53. The van der Waals surface area contributed by atoms with Crippen LogP contribution in [0.5, 0.6) is 0 Å². The van der Waals surface area contributed by atoms with Crippen LogP contribution >= 0.6 is 0 Å². The highest BCUT2D eigenvalue weighted by molar-refractivity contribution is 5.92. The molecule has 1 aromatic carbocycles. The van der Waals surface area contributed by atoms with E-state index in [2.05, 4.69) is 10.6 Å². The molecule has 10 heteroatoms. The van der Waals surface area contributed by atoms with Crippen LogP contribution < -0.4 is 10.6 Å². The maximum atomic E-state index is 13.2. The average molecular weight is 427 g/mol. The van der Waals surface area contributed by atoms with Gasteiger partial charge in [-0.15, -0.1) is 0 Å². The molecular formula is C20H27F2N3O5. The van der Waals surface area contributed by atoms with E-state index in [0.29, 0.717) is 25.6 Å². The molecule has 0 spiro atoms. The van der Waals surface area contributed by atoms with Crippen LogP contribution in [-0.2, 0) is 30.4 Å². The first-order valence-electron chi connectivity index (χ1n) is 9.78. The fourth-order valence-electron chi connectivity index (χ4n) is 3.06. The maximum absolute atomic E-state index is 13.2. The molecule has 2 unspecified atom stereocenters. The number of rotatable bonds is 9. The van der Waals surface area contributed by atoms with Crippen LogP contribution in [0, 0.1) is 11.6 Å². The number of carbonyl (C=O) groups excluding carboxylic acids is 3. The second-order valence-electron chi connectivity index (χ2n) is 7.07. The van der Waals surface area contributed by atoms with Crippen LogP contribution in [0.25, 0.3) is 0 Å². The monoisotopic (exact) mass is 427 g/mol. The van der Waals surface area contributed by atoms with E-state index in [1.807, 2.05) is 0 Å². The van der Waals surface area contributed by atoms with Crippen molar-refractivity contribution in [3.8, 4) is 0 Å². The fraction of sp³-hybridized carbons (Fsp3) is 0.550. The summed E-state index contributed by atoms with van der Waals surface area (Å²) in [6, 6.07) is 1.11. The number of carbonyl (C=O) groups is 3. The SMILES string of the molecule is COCCON1CCCCC(NC(=O)C(C)NC(=O)Cc2cc(F)cc(F)c2)C1=O. The van der Waals surface area contributed by atoms with Crippen molar-refractivity contribution in [2.24, 2.45) is 0 Å². The van der Waals surface area contributed by atoms with Crippen molar-refractivity contribution in [1.82, 2.24) is 15.7 Å². The third-order valence-electron chi connectivity index (χ3n) is 4.56. The summed E-state index contributed by atoms with van der Waals surface area (Å²) in [5.41, 5.74) is 0.153. The van der Waals surface area contributed by atoms with Crippen molar-refractivity contribution < 1.29 is 32.7 Å². The van der Waals surface area contributed by atoms with E-state index >= 15 is 0 Å². The van der Waals surface area contributed by atoms with Gasteiger partial charge in [0.05, 0.1) is 19.6 Å². The van der Waals surface area contributed by atoms with E-state index in [4.69, 9.17) is 9.57 Å². The molecule has 1 aliphatic rings. The third-order valence-corrected chi connectivity index (χ3v) is 4.56. The number of nitrogens with one attached hydrogen (secondary N) is 2. The molecule has 8 nitrogen and oxygen atoms in total. The van der Waals surface area contributed by atoms with Crippen molar-refractivity contribution >= 4 is 17.7 Å². The number of nitrogens with zero attached hydrogens (tertiary/aromatic N) is 1. The molecule has 166 valence electrons. The van der Waals surface area contributed by atoms with E-state index in [1.54, 1.807) is 0 Å². The smallest absolute Gasteiger partial charge is 0.268 e. The van der Waals surface area contributed by atoms with Crippen molar-refractivity contribution in [1.29, 1.82) is 0 Å². The lowest BCUT2D eigenvalue weighted by atomic mass is 10.1. The molecule has 1 heterocycles. The molecule has 2 rings (SSSR count). The van der Waals surface area contributed by atoms with Gasteiger partial charge in [0.25, 0.3) is 5.91 Å². The first-order chi connectivity index (χ1) is 14.3. The van der Waals surface area contributed by atoms with Crippen LogP contribution in [0.4, 0.5) is 8.78 Å². The Morgan fingerprint density at radius 2 is 1.90 bits per heavy atom. The van der Waals surface area contributed by atoms with E-state index in [9.17, 15) is 23.2 Å². The molecule has 1 aliphatic heterocycles. The highest BCUT2D eigenvalue weighted by atomic mass is 19.1. The Bertz CT molecular complexity index is 742. The Morgan fingerprint density at radius 1 is 1.20 bits per heavy atom. The predicted octanol–water partition coefficient (Wildman–Crippen LogP) is 1.09. The van der Waals surface area contributed by atoms with Crippen molar-refractivity contribution in [2.45, 2.75) is 44.7 Å². The maximum Gasteiger partial charge on any atom is 0.268 e. The zero-order valence-corrected chi connectivity index (χ0v) is 17.1. The molecule has 0 aromatic heterocycles. The van der Waals surface area contributed by atoms with Gasteiger partial charge in [-0.05, 0) is 43.9 Å². The minimum Gasteiger partial charge on any atom is -0.382 e.